The van der Waals surface area contributed by atoms with Gasteiger partial charge >= 0.3 is 6.09 Å². The summed E-state index contributed by atoms with van der Waals surface area (Å²) in [5.41, 5.74) is -0.737. The highest BCUT2D eigenvalue weighted by molar-refractivity contribution is 7.91. The molecule has 0 spiro atoms. The standard InChI is InChI=1S/C21H22F2N4O4S/c1-21(2,3)13-26(20(28)29)12-14-10-18(32(30,31)15-6-5-9-24-11-15)27(25-14)17-8-4-7-16(22)19(17)23/h4-11H,12-13H2,1-3H3,(H,28,29). The third kappa shape index (κ3) is 4.93. The Bertz CT molecular complexity index is 1240. The fourth-order valence-corrected chi connectivity index (χ4v) is 4.45. The van der Waals surface area contributed by atoms with E-state index in [1.54, 1.807) is 0 Å². The minimum atomic E-state index is -4.23. The summed E-state index contributed by atoms with van der Waals surface area (Å²) in [6.45, 7) is 5.45. The highest BCUT2D eigenvalue weighted by Crippen LogP contribution is 2.27. The summed E-state index contributed by atoms with van der Waals surface area (Å²) in [6, 6.07) is 7.19. The minimum Gasteiger partial charge on any atom is -0.465 e. The Morgan fingerprint density at radius 1 is 1.19 bits per heavy atom. The van der Waals surface area contributed by atoms with E-state index in [0.29, 0.717) is 0 Å². The van der Waals surface area contributed by atoms with Crippen LogP contribution in [0.2, 0.25) is 0 Å². The summed E-state index contributed by atoms with van der Waals surface area (Å²) < 4.78 is 55.6. The molecule has 0 bridgehead atoms. The van der Waals surface area contributed by atoms with Crippen LogP contribution in [0.5, 0.6) is 0 Å². The van der Waals surface area contributed by atoms with Crippen molar-refractivity contribution in [3.05, 3.63) is 66.1 Å². The molecule has 0 aliphatic heterocycles. The van der Waals surface area contributed by atoms with Crippen LogP contribution in [-0.4, -0.2) is 45.8 Å². The number of rotatable bonds is 6. The largest absolute Gasteiger partial charge is 0.465 e. The smallest absolute Gasteiger partial charge is 0.407 e. The van der Waals surface area contributed by atoms with Gasteiger partial charge in [-0.3, -0.25) is 4.98 Å². The van der Waals surface area contributed by atoms with Gasteiger partial charge in [0.1, 0.15) is 5.69 Å². The third-order valence-corrected chi connectivity index (χ3v) is 6.10. The molecule has 3 rings (SSSR count). The van der Waals surface area contributed by atoms with E-state index in [-0.39, 0.29) is 29.1 Å². The van der Waals surface area contributed by atoms with E-state index in [1.165, 1.54) is 30.5 Å². The van der Waals surface area contributed by atoms with Gasteiger partial charge in [0, 0.05) is 25.0 Å². The summed E-state index contributed by atoms with van der Waals surface area (Å²) in [5.74, 6) is -2.46. The van der Waals surface area contributed by atoms with E-state index in [2.05, 4.69) is 10.1 Å². The fourth-order valence-electron chi connectivity index (χ4n) is 3.09. The molecule has 0 aliphatic rings. The van der Waals surface area contributed by atoms with Crippen LogP contribution < -0.4 is 0 Å². The Morgan fingerprint density at radius 3 is 2.50 bits per heavy atom. The second-order valence-corrected chi connectivity index (χ2v) is 10.2. The Hall–Kier alpha value is -3.34. The van der Waals surface area contributed by atoms with Crippen molar-refractivity contribution in [3.63, 3.8) is 0 Å². The maximum atomic E-state index is 14.5. The topological polar surface area (TPSA) is 105 Å². The monoisotopic (exact) mass is 464 g/mol. The number of benzene rings is 1. The quantitative estimate of drug-likeness (QED) is 0.593. The van der Waals surface area contributed by atoms with Gasteiger partial charge in [0.25, 0.3) is 0 Å². The lowest BCUT2D eigenvalue weighted by Crippen LogP contribution is -2.36. The minimum absolute atomic E-state index is 0.0581. The second-order valence-electron chi connectivity index (χ2n) is 8.35. The van der Waals surface area contributed by atoms with Crippen LogP contribution in [0.25, 0.3) is 5.69 Å². The number of pyridine rings is 1. The van der Waals surface area contributed by atoms with Crippen molar-refractivity contribution in [1.82, 2.24) is 19.7 Å². The fraction of sp³-hybridized carbons (Fsp3) is 0.286. The van der Waals surface area contributed by atoms with Crippen molar-refractivity contribution >= 4 is 15.9 Å². The summed E-state index contributed by atoms with van der Waals surface area (Å²) in [7, 11) is -4.23. The molecule has 0 atom stereocenters. The van der Waals surface area contributed by atoms with Gasteiger partial charge in [0.2, 0.25) is 9.84 Å². The molecule has 0 radical (unpaired) electrons. The molecule has 11 heteroatoms. The van der Waals surface area contributed by atoms with Crippen molar-refractivity contribution in [2.75, 3.05) is 6.54 Å². The van der Waals surface area contributed by atoms with E-state index in [4.69, 9.17) is 0 Å². The van der Waals surface area contributed by atoms with Crippen LogP contribution in [-0.2, 0) is 16.4 Å². The number of aromatic nitrogens is 3. The number of halogens is 2. The SMILES string of the molecule is CC(C)(C)CN(Cc1cc(S(=O)(=O)c2cccnc2)n(-c2cccc(F)c2F)n1)C(=O)O. The summed E-state index contributed by atoms with van der Waals surface area (Å²) >= 11 is 0. The first-order valence-corrected chi connectivity index (χ1v) is 11.0. The Labute approximate surface area is 184 Å². The molecule has 1 aromatic carbocycles. The summed E-state index contributed by atoms with van der Waals surface area (Å²) in [5, 5.41) is 13.3. The number of nitrogens with zero attached hydrogens (tertiary/aromatic N) is 4. The van der Waals surface area contributed by atoms with Crippen molar-refractivity contribution in [1.29, 1.82) is 0 Å². The number of hydrogen-bond acceptors (Lipinski definition) is 5. The molecule has 0 fully saturated rings. The molecule has 2 heterocycles. The first-order chi connectivity index (χ1) is 14.9. The molecule has 1 N–H and O–H groups in total. The molecule has 0 saturated heterocycles. The molecule has 0 unspecified atom stereocenters. The van der Waals surface area contributed by atoms with Gasteiger partial charge in [-0.15, -0.1) is 0 Å². The maximum absolute atomic E-state index is 14.5. The van der Waals surface area contributed by atoms with Crippen molar-refractivity contribution in [2.45, 2.75) is 37.2 Å². The molecular formula is C21H22F2N4O4S. The zero-order valence-electron chi connectivity index (χ0n) is 17.7. The van der Waals surface area contributed by atoms with Gasteiger partial charge in [0.15, 0.2) is 16.7 Å². The first kappa shape index (κ1) is 23.3. The average molecular weight is 464 g/mol. The number of sulfone groups is 1. The highest BCUT2D eigenvalue weighted by atomic mass is 32.2. The molecule has 0 aliphatic carbocycles. The Morgan fingerprint density at radius 2 is 1.91 bits per heavy atom. The molecule has 8 nitrogen and oxygen atoms in total. The Kier molecular flexibility index (Phi) is 6.31. The van der Waals surface area contributed by atoms with Gasteiger partial charge in [-0.25, -0.2) is 26.7 Å². The molecule has 1 amide bonds. The van der Waals surface area contributed by atoms with E-state index in [0.717, 1.165) is 27.9 Å². The lowest BCUT2D eigenvalue weighted by Gasteiger charge is -2.27. The lowest BCUT2D eigenvalue weighted by atomic mass is 9.96. The zero-order chi connectivity index (χ0) is 23.7. The van der Waals surface area contributed by atoms with E-state index < -0.39 is 38.3 Å². The van der Waals surface area contributed by atoms with Crippen LogP contribution >= 0.6 is 0 Å². The predicted molar refractivity (Wildman–Crippen MR) is 111 cm³/mol. The highest BCUT2D eigenvalue weighted by Gasteiger charge is 2.29. The number of hydrogen-bond donors (Lipinski definition) is 1. The summed E-state index contributed by atoms with van der Waals surface area (Å²) in [4.78, 5) is 16.4. The van der Waals surface area contributed by atoms with Crippen molar-refractivity contribution in [3.8, 4) is 5.69 Å². The van der Waals surface area contributed by atoms with E-state index >= 15 is 0 Å². The lowest BCUT2D eigenvalue weighted by molar-refractivity contribution is 0.122. The molecule has 32 heavy (non-hydrogen) atoms. The number of amides is 1. The summed E-state index contributed by atoms with van der Waals surface area (Å²) in [6.07, 6.45) is 1.30. The van der Waals surface area contributed by atoms with Gasteiger partial charge in [0.05, 0.1) is 17.1 Å². The maximum Gasteiger partial charge on any atom is 0.407 e. The second kappa shape index (κ2) is 8.65. The van der Waals surface area contributed by atoms with Gasteiger partial charge in [-0.05, 0) is 29.7 Å². The van der Waals surface area contributed by atoms with E-state index in [9.17, 15) is 27.1 Å². The molecule has 3 aromatic rings. The zero-order valence-corrected chi connectivity index (χ0v) is 18.5. The average Bonchev–Trinajstić information content (AvgIpc) is 3.13. The molecule has 2 aromatic heterocycles. The number of carbonyl (C=O) groups is 1. The third-order valence-electron chi connectivity index (χ3n) is 4.40. The first-order valence-electron chi connectivity index (χ1n) is 9.56. The normalized spacial score (nSPS) is 12.0. The van der Waals surface area contributed by atoms with E-state index in [1.807, 2.05) is 20.8 Å². The van der Waals surface area contributed by atoms with Crippen LogP contribution in [0.3, 0.4) is 0 Å². The predicted octanol–water partition coefficient (Wildman–Crippen LogP) is 3.90. The van der Waals surface area contributed by atoms with Gasteiger partial charge in [-0.2, -0.15) is 5.10 Å². The molecule has 170 valence electrons. The van der Waals surface area contributed by atoms with Gasteiger partial charge < -0.3 is 10.0 Å². The molecule has 0 saturated carbocycles. The van der Waals surface area contributed by atoms with Crippen molar-refractivity contribution in [2.24, 2.45) is 5.41 Å². The number of carboxylic acid groups (broad SMARTS) is 1. The van der Waals surface area contributed by atoms with Crippen LogP contribution in [0, 0.1) is 17.0 Å². The Balaban J connectivity index is 2.16. The van der Waals surface area contributed by atoms with Gasteiger partial charge in [-0.1, -0.05) is 26.8 Å². The van der Waals surface area contributed by atoms with Crippen LogP contribution in [0.4, 0.5) is 13.6 Å². The van der Waals surface area contributed by atoms with Crippen molar-refractivity contribution < 1.29 is 27.1 Å². The van der Waals surface area contributed by atoms with Crippen LogP contribution in [0.15, 0.2) is 58.7 Å². The van der Waals surface area contributed by atoms with Crippen LogP contribution in [0.1, 0.15) is 26.5 Å². The molecular weight excluding hydrogens is 442 g/mol.